The Balaban J connectivity index is 1.11. The summed E-state index contributed by atoms with van der Waals surface area (Å²) in [5, 5.41) is 12.9. The van der Waals surface area contributed by atoms with Gasteiger partial charge in [-0.25, -0.2) is 9.48 Å². The van der Waals surface area contributed by atoms with Gasteiger partial charge < -0.3 is 19.5 Å². The maximum Gasteiger partial charge on any atom is 0.408 e. The monoisotopic (exact) mass is 643 g/mol. The van der Waals surface area contributed by atoms with Gasteiger partial charge in [0, 0.05) is 27.7 Å². The molecular weight excluding hydrogens is 606 g/mol. The maximum absolute atomic E-state index is 13.2. The zero-order valence-corrected chi connectivity index (χ0v) is 26.9. The Hall–Kier alpha value is -4.51. The van der Waals surface area contributed by atoms with Gasteiger partial charge in [0.1, 0.15) is 11.3 Å². The number of carbonyl (C=O) groups is 2. The van der Waals surface area contributed by atoms with Crippen molar-refractivity contribution in [3.05, 3.63) is 119 Å². The first-order valence-corrected chi connectivity index (χ1v) is 15.5. The molecule has 10 nitrogen and oxygen atoms in total. The lowest BCUT2D eigenvalue weighted by Gasteiger charge is -2.22. The fourth-order valence-corrected chi connectivity index (χ4v) is 5.12. The van der Waals surface area contributed by atoms with Crippen molar-refractivity contribution in [2.24, 2.45) is 0 Å². The van der Waals surface area contributed by atoms with Crippen molar-refractivity contribution in [2.45, 2.75) is 52.0 Å². The van der Waals surface area contributed by atoms with Gasteiger partial charge in [-0.3, -0.25) is 9.36 Å². The highest BCUT2D eigenvalue weighted by atomic mass is 35.5. The van der Waals surface area contributed by atoms with Gasteiger partial charge in [0.15, 0.2) is 0 Å². The Bertz CT molecular complexity index is 1750. The highest BCUT2D eigenvalue weighted by Crippen LogP contribution is 2.26. The third-order valence-corrected chi connectivity index (χ3v) is 7.30. The normalized spacial score (nSPS) is 12.3. The van der Waals surface area contributed by atoms with Gasteiger partial charge in [-0.15, -0.1) is 5.10 Å². The van der Waals surface area contributed by atoms with Crippen LogP contribution in [-0.2, 0) is 33.8 Å². The summed E-state index contributed by atoms with van der Waals surface area (Å²) >= 11 is 6.28. The Morgan fingerprint density at radius 1 is 0.913 bits per heavy atom. The molecule has 0 bridgehead atoms. The first-order chi connectivity index (χ1) is 22.2. The number of carbonyl (C=O) groups excluding carboxylic acids is 2. The third-order valence-electron chi connectivity index (χ3n) is 7.07. The van der Waals surface area contributed by atoms with Crippen molar-refractivity contribution in [1.29, 1.82) is 0 Å². The highest BCUT2D eigenvalue weighted by Gasteiger charge is 2.23. The van der Waals surface area contributed by atoms with E-state index in [2.05, 4.69) is 15.6 Å². The van der Waals surface area contributed by atoms with E-state index in [4.69, 9.17) is 25.8 Å². The van der Waals surface area contributed by atoms with Crippen molar-refractivity contribution in [1.82, 2.24) is 24.9 Å². The predicted octanol–water partition coefficient (Wildman–Crippen LogP) is 6.62. The predicted molar refractivity (Wildman–Crippen MR) is 176 cm³/mol. The number of fused-ring (bicyclic) bond motifs is 1. The van der Waals surface area contributed by atoms with E-state index in [0.29, 0.717) is 55.7 Å². The molecule has 5 aromatic rings. The van der Waals surface area contributed by atoms with Gasteiger partial charge in [0.05, 0.1) is 50.7 Å². The average molecular weight is 644 g/mol. The Labute approximate surface area is 273 Å². The fraction of sp³-hybridized carbons (Fsp3) is 0.314. The lowest BCUT2D eigenvalue weighted by atomic mass is 10.0. The van der Waals surface area contributed by atoms with Crippen molar-refractivity contribution in [3.63, 3.8) is 0 Å². The number of amides is 1. The number of hydrogen-bond acceptors (Lipinski definition) is 7. The molecule has 1 amide bonds. The summed E-state index contributed by atoms with van der Waals surface area (Å²) in [4.78, 5) is 25.7. The van der Waals surface area contributed by atoms with Gasteiger partial charge in [-0.05, 0) is 63.1 Å². The lowest BCUT2D eigenvalue weighted by Crippen LogP contribution is -2.36. The third kappa shape index (κ3) is 9.03. The number of benzene rings is 3. The molecule has 1 atom stereocenters. The molecule has 0 fully saturated rings. The molecule has 46 heavy (non-hydrogen) atoms. The maximum atomic E-state index is 13.2. The van der Waals surface area contributed by atoms with Gasteiger partial charge >= 0.3 is 6.09 Å². The molecule has 2 aromatic heterocycles. The number of aromatic nitrogens is 4. The zero-order chi connectivity index (χ0) is 32.5. The molecule has 11 heteroatoms. The average Bonchev–Trinajstić information content (AvgIpc) is 3.65. The smallest absolute Gasteiger partial charge is 0.408 e. The molecule has 240 valence electrons. The first-order valence-electron chi connectivity index (χ1n) is 15.1. The van der Waals surface area contributed by atoms with Crippen molar-refractivity contribution in [3.8, 4) is 0 Å². The molecule has 0 radical (unpaired) electrons. The topological polar surface area (TPSA) is 110 Å². The quantitative estimate of drug-likeness (QED) is 0.144. The minimum absolute atomic E-state index is 0.120. The van der Waals surface area contributed by atoms with E-state index < -0.39 is 17.7 Å². The van der Waals surface area contributed by atoms with Crippen molar-refractivity contribution < 1.29 is 23.8 Å². The van der Waals surface area contributed by atoms with E-state index >= 15 is 0 Å². The summed E-state index contributed by atoms with van der Waals surface area (Å²) in [5.74, 6) is -0.120. The van der Waals surface area contributed by atoms with E-state index in [-0.39, 0.29) is 5.91 Å². The van der Waals surface area contributed by atoms with E-state index in [9.17, 15) is 9.59 Å². The van der Waals surface area contributed by atoms with Crippen LogP contribution in [0, 0.1) is 0 Å². The SMILES string of the molecule is CC(C)(C)OC(=O)NC(Cc1ccccc1)c1cn(CCOCCOCc2cn(C(=O)c3ccccc3)c3ccc(Cl)cc23)nn1. The summed E-state index contributed by atoms with van der Waals surface area (Å²) in [7, 11) is 0. The number of nitrogens with zero attached hydrogens (tertiary/aromatic N) is 4. The summed E-state index contributed by atoms with van der Waals surface area (Å²) in [6.45, 7) is 7.38. The molecular formula is C35H38ClN5O5. The number of alkyl carbamates (subject to hydrolysis) is 1. The number of ether oxygens (including phenoxy) is 3. The molecule has 0 spiro atoms. The molecule has 0 aliphatic carbocycles. The van der Waals surface area contributed by atoms with E-state index in [0.717, 1.165) is 22.0 Å². The molecule has 1 unspecified atom stereocenters. The molecule has 1 N–H and O–H groups in total. The number of hydrogen-bond donors (Lipinski definition) is 1. The molecule has 3 aromatic carbocycles. The molecule has 5 rings (SSSR count). The summed E-state index contributed by atoms with van der Waals surface area (Å²) in [5.41, 5.74) is 3.30. The molecule has 0 aliphatic rings. The first kappa shape index (κ1) is 32.9. The molecule has 0 saturated heterocycles. The van der Waals surface area contributed by atoms with Crippen LogP contribution in [-0.4, -0.2) is 57.0 Å². The van der Waals surface area contributed by atoms with Crippen molar-refractivity contribution in [2.75, 3.05) is 19.8 Å². The van der Waals surface area contributed by atoms with Crippen LogP contribution in [0.25, 0.3) is 10.9 Å². The van der Waals surface area contributed by atoms with E-state index in [1.807, 2.05) is 93.8 Å². The van der Waals surface area contributed by atoms with Gasteiger partial charge in [-0.1, -0.05) is 65.3 Å². The summed E-state index contributed by atoms with van der Waals surface area (Å²) in [6.07, 6.45) is 3.64. The second-order valence-electron chi connectivity index (χ2n) is 11.8. The van der Waals surface area contributed by atoms with Crippen molar-refractivity contribution >= 4 is 34.5 Å². The molecule has 0 saturated carbocycles. The number of nitrogens with one attached hydrogen (secondary N) is 1. The minimum Gasteiger partial charge on any atom is -0.444 e. The van der Waals surface area contributed by atoms with E-state index in [1.165, 1.54) is 0 Å². The van der Waals surface area contributed by atoms with Gasteiger partial charge in [0.25, 0.3) is 5.91 Å². The van der Waals surface area contributed by atoms with Crippen LogP contribution in [0.4, 0.5) is 4.79 Å². The van der Waals surface area contributed by atoms with Gasteiger partial charge in [-0.2, -0.15) is 0 Å². The summed E-state index contributed by atoms with van der Waals surface area (Å²) < 4.78 is 20.5. The molecule has 2 heterocycles. The summed E-state index contributed by atoms with van der Waals surface area (Å²) in [6, 6.07) is 24.1. The standard InChI is InChI=1S/C35H38ClN5O5/c1-35(2,3)46-34(43)37-30(20-25-10-6-4-7-11-25)31-23-40(39-38-31)16-17-44-18-19-45-24-27-22-41(32-15-14-28(36)21-29(27)32)33(42)26-12-8-5-9-13-26/h4-15,21-23,30H,16-20,24H2,1-3H3,(H,37,43). The Morgan fingerprint density at radius 3 is 2.37 bits per heavy atom. The van der Waals surface area contributed by atoms with E-state index in [1.54, 1.807) is 27.4 Å². The Kier molecular flexibility index (Phi) is 10.8. The highest BCUT2D eigenvalue weighted by molar-refractivity contribution is 6.31. The van der Waals surface area contributed by atoms with Crippen LogP contribution < -0.4 is 5.32 Å². The van der Waals surface area contributed by atoms with Crippen LogP contribution in [0.3, 0.4) is 0 Å². The van der Waals surface area contributed by atoms with Crippen LogP contribution in [0.5, 0.6) is 0 Å². The largest absolute Gasteiger partial charge is 0.444 e. The van der Waals surface area contributed by atoms with Gasteiger partial charge in [0.2, 0.25) is 0 Å². The van der Waals surface area contributed by atoms with Crippen LogP contribution in [0.15, 0.2) is 91.3 Å². The number of rotatable bonds is 13. The second kappa shape index (κ2) is 15.2. The molecule has 0 aliphatic heterocycles. The van der Waals surface area contributed by atoms with Crippen LogP contribution in [0.1, 0.15) is 54.0 Å². The lowest BCUT2D eigenvalue weighted by molar-refractivity contribution is 0.0373. The Morgan fingerprint density at radius 2 is 1.63 bits per heavy atom. The van der Waals surface area contributed by atoms with Crippen LogP contribution >= 0.6 is 11.6 Å². The van der Waals surface area contributed by atoms with Crippen LogP contribution in [0.2, 0.25) is 5.02 Å². The fourth-order valence-electron chi connectivity index (χ4n) is 4.94. The minimum atomic E-state index is -0.617. The number of halogens is 1. The second-order valence-corrected chi connectivity index (χ2v) is 12.3. The zero-order valence-electron chi connectivity index (χ0n) is 26.2.